The van der Waals surface area contributed by atoms with Gasteiger partial charge in [0.05, 0.1) is 0 Å². The first kappa shape index (κ1) is 16.4. The van der Waals surface area contributed by atoms with Crippen LogP contribution in [0.1, 0.15) is 71.6 Å². The summed E-state index contributed by atoms with van der Waals surface area (Å²) in [4.78, 5) is 24.5. The van der Waals surface area contributed by atoms with Crippen LogP contribution in [-0.2, 0) is 14.3 Å². The summed E-state index contributed by atoms with van der Waals surface area (Å²) < 4.78 is 6.21. The van der Waals surface area contributed by atoms with Crippen molar-refractivity contribution in [3.8, 4) is 0 Å². The van der Waals surface area contributed by atoms with Crippen LogP contribution in [0.4, 0.5) is 0 Å². The van der Waals surface area contributed by atoms with Crippen molar-refractivity contribution >= 4 is 11.8 Å². The monoisotopic (exact) mass is 378 g/mol. The van der Waals surface area contributed by atoms with Gasteiger partial charge in [-0.1, -0.05) is 31.1 Å². The molecule has 1 aliphatic heterocycles. The van der Waals surface area contributed by atoms with Crippen molar-refractivity contribution < 1.29 is 14.3 Å². The first-order valence-electron chi connectivity index (χ1n) is 11.5. The quantitative estimate of drug-likeness (QED) is 0.451. The summed E-state index contributed by atoms with van der Waals surface area (Å²) in [6.07, 6.45) is 14.0. The second-order valence-electron chi connectivity index (χ2n) is 11.6. The van der Waals surface area contributed by atoms with Crippen molar-refractivity contribution in [1.29, 1.82) is 0 Å². The van der Waals surface area contributed by atoms with Gasteiger partial charge in [0.2, 0.25) is 0 Å². The molecule has 7 atom stereocenters. The third kappa shape index (κ3) is 1.60. The SMILES string of the molecule is C[C@]12CCC(=O)C=C1C1(CC1)CC1C2=CC[C@@]2(C)C1[C@@H]1C[C@@H]1[C@@]21CCC(=O)O1. The van der Waals surface area contributed by atoms with Gasteiger partial charge in [0.25, 0.3) is 0 Å². The Labute approximate surface area is 167 Å². The summed E-state index contributed by atoms with van der Waals surface area (Å²) in [5, 5.41) is 0. The molecule has 7 aliphatic rings. The highest BCUT2D eigenvalue weighted by atomic mass is 16.6. The zero-order valence-corrected chi connectivity index (χ0v) is 17.1. The number of carbonyl (C=O) groups excluding carboxylic acids is 2. The van der Waals surface area contributed by atoms with Crippen LogP contribution in [0.2, 0.25) is 0 Å². The topological polar surface area (TPSA) is 43.4 Å². The van der Waals surface area contributed by atoms with Crippen molar-refractivity contribution in [3.63, 3.8) is 0 Å². The number of hydrogen-bond donors (Lipinski definition) is 0. The fourth-order valence-electron chi connectivity index (χ4n) is 9.27. The van der Waals surface area contributed by atoms with Gasteiger partial charge in [-0.15, -0.1) is 0 Å². The van der Waals surface area contributed by atoms with Gasteiger partial charge < -0.3 is 4.74 Å². The Bertz CT molecular complexity index is 907. The van der Waals surface area contributed by atoms with Crippen LogP contribution in [0.15, 0.2) is 23.3 Å². The van der Waals surface area contributed by atoms with E-state index >= 15 is 0 Å². The molecule has 4 saturated carbocycles. The number of hydrogen-bond acceptors (Lipinski definition) is 3. The highest BCUT2D eigenvalue weighted by Gasteiger charge is 2.79. The molecular formula is C25H30O3. The van der Waals surface area contributed by atoms with Crippen molar-refractivity contribution in [3.05, 3.63) is 23.3 Å². The van der Waals surface area contributed by atoms with Gasteiger partial charge in [0.1, 0.15) is 5.60 Å². The first-order chi connectivity index (χ1) is 13.3. The van der Waals surface area contributed by atoms with E-state index in [2.05, 4.69) is 26.0 Å². The third-order valence-corrected chi connectivity index (χ3v) is 10.6. The molecule has 3 nitrogen and oxygen atoms in total. The molecule has 7 rings (SSSR count). The van der Waals surface area contributed by atoms with Crippen molar-refractivity contribution in [2.45, 2.75) is 77.2 Å². The predicted molar refractivity (Wildman–Crippen MR) is 104 cm³/mol. The maximum Gasteiger partial charge on any atom is 0.306 e. The van der Waals surface area contributed by atoms with E-state index in [9.17, 15) is 9.59 Å². The van der Waals surface area contributed by atoms with E-state index in [0.29, 0.717) is 41.8 Å². The predicted octanol–water partition coefficient (Wildman–Crippen LogP) is 4.76. The zero-order valence-electron chi connectivity index (χ0n) is 17.1. The standard InChI is InChI=1S/C25H30O3/c1-22-6-3-14(26)11-19(22)24(9-10-24)13-16-17(22)4-7-23(2)21(16)15-12-18(15)25(23)8-5-20(27)28-25/h4,11,15-16,18,21H,3,5-10,12-13H2,1-2H3/t15-,16?,18+,21?,22-,23+,25+/m1/s1. The lowest BCUT2D eigenvalue weighted by Crippen LogP contribution is -2.54. The maximum absolute atomic E-state index is 12.3. The van der Waals surface area contributed by atoms with Crippen molar-refractivity contribution in [1.82, 2.24) is 0 Å². The van der Waals surface area contributed by atoms with Crippen LogP contribution in [0.5, 0.6) is 0 Å². The summed E-state index contributed by atoms with van der Waals surface area (Å²) in [5.41, 5.74) is 3.46. The van der Waals surface area contributed by atoms with Crippen LogP contribution < -0.4 is 0 Å². The van der Waals surface area contributed by atoms with E-state index in [1.54, 1.807) is 5.57 Å². The van der Waals surface area contributed by atoms with Crippen LogP contribution in [-0.4, -0.2) is 17.4 Å². The van der Waals surface area contributed by atoms with E-state index in [1.165, 1.54) is 31.3 Å². The first-order valence-corrected chi connectivity index (χ1v) is 11.5. The number of carbonyl (C=O) groups is 2. The average Bonchev–Trinajstić information content (AvgIpc) is 3.55. The van der Waals surface area contributed by atoms with Crippen molar-refractivity contribution in [2.24, 2.45) is 39.9 Å². The molecule has 1 saturated heterocycles. The summed E-state index contributed by atoms with van der Waals surface area (Å²) in [5.74, 6) is 3.03. The van der Waals surface area contributed by atoms with Crippen LogP contribution in [0.25, 0.3) is 0 Å². The minimum Gasteiger partial charge on any atom is -0.458 e. The van der Waals surface area contributed by atoms with Gasteiger partial charge in [-0.05, 0) is 74.2 Å². The Morgan fingerprint density at radius 1 is 1.07 bits per heavy atom. The van der Waals surface area contributed by atoms with Gasteiger partial charge in [-0.2, -0.15) is 0 Å². The smallest absolute Gasteiger partial charge is 0.306 e. The summed E-state index contributed by atoms with van der Waals surface area (Å²) >= 11 is 0. The molecule has 5 fully saturated rings. The summed E-state index contributed by atoms with van der Waals surface area (Å²) in [6, 6.07) is 0. The van der Waals surface area contributed by atoms with Gasteiger partial charge in [0, 0.05) is 29.6 Å². The molecule has 2 unspecified atom stereocenters. The molecular weight excluding hydrogens is 348 g/mol. The molecule has 3 heteroatoms. The van der Waals surface area contributed by atoms with Crippen LogP contribution in [0.3, 0.4) is 0 Å². The number of ether oxygens (including phenoxy) is 1. The van der Waals surface area contributed by atoms with Gasteiger partial charge in [-0.3, -0.25) is 9.59 Å². The second-order valence-corrected chi connectivity index (χ2v) is 11.6. The molecule has 0 radical (unpaired) electrons. The Morgan fingerprint density at radius 2 is 1.89 bits per heavy atom. The Balaban J connectivity index is 1.38. The third-order valence-electron chi connectivity index (χ3n) is 10.6. The highest BCUT2D eigenvalue weighted by molar-refractivity contribution is 5.92. The lowest BCUT2D eigenvalue weighted by atomic mass is 9.47. The maximum atomic E-state index is 12.3. The average molecular weight is 379 g/mol. The molecule has 0 amide bonds. The zero-order chi connectivity index (χ0) is 19.1. The van der Waals surface area contributed by atoms with E-state index in [1.807, 2.05) is 0 Å². The molecule has 0 N–H and O–H groups in total. The molecule has 1 heterocycles. The highest BCUT2D eigenvalue weighted by Crippen LogP contribution is 2.80. The van der Waals surface area contributed by atoms with Crippen LogP contribution >= 0.6 is 0 Å². The molecule has 2 spiro atoms. The van der Waals surface area contributed by atoms with Gasteiger partial charge in [0.15, 0.2) is 5.78 Å². The summed E-state index contributed by atoms with van der Waals surface area (Å²) in [6.45, 7) is 4.89. The van der Waals surface area contributed by atoms with Crippen molar-refractivity contribution in [2.75, 3.05) is 0 Å². The molecule has 0 bridgehead atoms. The molecule has 28 heavy (non-hydrogen) atoms. The Hall–Kier alpha value is -1.38. The van der Waals surface area contributed by atoms with Gasteiger partial charge >= 0.3 is 5.97 Å². The van der Waals surface area contributed by atoms with Gasteiger partial charge in [-0.25, -0.2) is 0 Å². The fraction of sp³-hybridized carbons (Fsp3) is 0.760. The minimum absolute atomic E-state index is 0.0348. The minimum atomic E-state index is -0.183. The Morgan fingerprint density at radius 3 is 2.61 bits per heavy atom. The molecule has 0 aromatic rings. The second kappa shape index (κ2) is 4.52. The molecule has 6 aliphatic carbocycles. The lowest BCUT2D eigenvalue weighted by Gasteiger charge is -2.58. The number of fused-ring (bicyclic) bond motifs is 10. The molecule has 148 valence electrons. The van der Waals surface area contributed by atoms with E-state index < -0.39 is 0 Å². The number of rotatable bonds is 0. The molecule has 0 aromatic carbocycles. The lowest BCUT2D eigenvalue weighted by molar-refractivity contribution is -0.166. The van der Waals surface area contributed by atoms with E-state index in [4.69, 9.17) is 4.74 Å². The summed E-state index contributed by atoms with van der Waals surface area (Å²) in [7, 11) is 0. The van der Waals surface area contributed by atoms with E-state index in [0.717, 1.165) is 25.2 Å². The fourth-order valence-corrected chi connectivity index (χ4v) is 9.27. The number of esters is 1. The number of ketones is 1. The molecule has 0 aromatic heterocycles. The number of allylic oxidation sites excluding steroid dienone is 4. The Kier molecular flexibility index (Phi) is 2.65. The normalized spacial score (nSPS) is 54.4. The van der Waals surface area contributed by atoms with E-state index in [-0.39, 0.29) is 22.4 Å². The largest absolute Gasteiger partial charge is 0.458 e. The van der Waals surface area contributed by atoms with Crippen LogP contribution in [0, 0.1) is 39.9 Å².